The molecule has 0 N–H and O–H groups in total. The zero-order valence-electron chi connectivity index (χ0n) is 10.3. The van der Waals surface area contributed by atoms with Crippen LogP contribution in [0.15, 0.2) is 18.2 Å². The van der Waals surface area contributed by atoms with Gasteiger partial charge in [-0.1, -0.05) is 6.07 Å². The first-order chi connectivity index (χ1) is 9.21. The first kappa shape index (κ1) is 15.4. The van der Waals surface area contributed by atoms with Gasteiger partial charge in [0.15, 0.2) is 9.84 Å². The quantitative estimate of drug-likeness (QED) is 0.801. The summed E-state index contributed by atoms with van der Waals surface area (Å²) < 4.78 is 66.7. The summed E-state index contributed by atoms with van der Waals surface area (Å²) in [5.41, 5.74) is -0.606. The Morgan fingerprint density at radius 3 is 2.55 bits per heavy atom. The van der Waals surface area contributed by atoms with Gasteiger partial charge in [0.05, 0.1) is 17.1 Å². The molecule has 8 heteroatoms. The summed E-state index contributed by atoms with van der Waals surface area (Å²) in [6.45, 7) is 0. The molecule has 0 amide bonds. The second-order valence-electron chi connectivity index (χ2n) is 4.60. The summed E-state index contributed by atoms with van der Waals surface area (Å²) in [4.78, 5) is 0. The van der Waals surface area contributed by atoms with Crippen molar-refractivity contribution in [1.82, 2.24) is 0 Å². The molecule has 0 saturated carbocycles. The first-order valence-electron chi connectivity index (χ1n) is 5.84. The van der Waals surface area contributed by atoms with E-state index in [1.165, 1.54) is 12.1 Å². The summed E-state index contributed by atoms with van der Waals surface area (Å²) in [5, 5.41) is 0. The first-order valence-corrected chi connectivity index (χ1v) is 8.20. The van der Waals surface area contributed by atoms with Gasteiger partial charge >= 0.3 is 6.18 Å². The number of hydrogen-bond acceptors (Lipinski definition) is 3. The van der Waals surface area contributed by atoms with Gasteiger partial charge in [-0.25, -0.2) is 8.42 Å². The van der Waals surface area contributed by atoms with Crippen LogP contribution in [0.5, 0.6) is 5.75 Å². The summed E-state index contributed by atoms with van der Waals surface area (Å²) in [7, 11) is -3.20. The van der Waals surface area contributed by atoms with E-state index < -0.39 is 27.7 Å². The van der Waals surface area contributed by atoms with Crippen LogP contribution in [0.25, 0.3) is 0 Å². The second kappa shape index (κ2) is 5.44. The molecule has 0 aromatic heterocycles. The molecule has 1 aliphatic rings. The van der Waals surface area contributed by atoms with Crippen molar-refractivity contribution in [3.63, 3.8) is 0 Å². The lowest BCUT2D eigenvalue weighted by atomic mass is 10.1. The molecule has 1 heterocycles. The fraction of sp³-hybridized carbons (Fsp3) is 0.500. The van der Waals surface area contributed by atoms with E-state index in [1.807, 2.05) is 0 Å². The van der Waals surface area contributed by atoms with E-state index in [0.717, 1.165) is 6.07 Å². The predicted molar refractivity (Wildman–Crippen MR) is 68.7 cm³/mol. The third-order valence-corrected chi connectivity index (χ3v) is 5.03. The van der Waals surface area contributed by atoms with Gasteiger partial charge in [-0.05, 0) is 24.1 Å². The van der Waals surface area contributed by atoms with Gasteiger partial charge in [0.25, 0.3) is 0 Å². The van der Waals surface area contributed by atoms with Crippen molar-refractivity contribution in [2.24, 2.45) is 0 Å². The Balaban J connectivity index is 2.27. The van der Waals surface area contributed by atoms with Gasteiger partial charge in [-0.3, -0.25) is 0 Å². The maximum atomic E-state index is 12.9. The average Bonchev–Trinajstić information content (AvgIpc) is 2.68. The minimum absolute atomic E-state index is 0.0405. The largest absolute Gasteiger partial charge is 0.489 e. The lowest BCUT2D eigenvalue weighted by molar-refractivity contribution is -0.139. The molecular weight excluding hydrogens is 317 g/mol. The summed E-state index contributed by atoms with van der Waals surface area (Å²) in [5.74, 6) is -0.699. The van der Waals surface area contributed by atoms with Crippen molar-refractivity contribution in [2.75, 3.05) is 11.5 Å². The minimum Gasteiger partial charge on any atom is -0.489 e. The summed E-state index contributed by atoms with van der Waals surface area (Å²) in [6.07, 6.45) is -5.10. The number of hydrogen-bond donors (Lipinski definition) is 0. The van der Waals surface area contributed by atoms with E-state index >= 15 is 0 Å². The number of halogens is 4. The Morgan fingerprint density at radius 2 is 2.05 bits per heavy atom. The van der Waals surface area contributed by atoms with Gasteiger partial charge < -0.3 is 4.74 Å². The molecule has 0 spiro atoms. The highest BCUT2D eigenvalue weighted by molar-refractivity contribution is 7.91. The van der Waals surface area contributed by atoms with Crippen molar-refractivity contribution < 1.29 is 26.3 Å². The van der Waals surface area contributed by atoms with E-state index in [1.54, 1.807) is 0 Å². The normalized spacial score (nSPS) is 21.9. The second-order valence-corrected chi connectivity index (χ2v) is 7.10. The van der Waals surface area contributed by atoms with Crippen molar-refractivity contribution in [2.45, 2.75) is 24.6 Å². The van der Waals surface area contributed by atoms with Crippen molar-refractivity contribution in [1.29, 1.82) is 0 Å². The predicted octanol–water partition coefficient (Wildman–Crippen LogP) is 3.01. The molecule has 1 aromatic rings. The van der Waals surface area contributed by atoms with Crippen LogP contribution >= 0.6 is 11.6 Å². The van der Waals surface area contributed by atoms with Crippen LogP contribution in [-0.2, 0) is 21.9 Å². The van der Waals surface area contributed by atoms with Crippen molar-refractivity contribution >= 4 is 21.4 Å². The molecule has 2 rings (SSSR count). The Kier molecular flexibility index (Phi) is 4.20. The Morgan fingerprint density at radius 1 is 1.35 bits per heavy atom. The smallest absolute Gasteiger partial charge is 0.419 e. The van der Waals surface area contributed by atoms with Gasteiger partial charge in [-0.2, -0.15) is 13.2 Å². The van der Waals surface area contributed by atoms with Crippen LogP contribution < -0.4 is 4.74 Å². The van der Waals surface area contributed by atoms with E-state index in [2.05, 4.69) is 0 Å². The zero-order valence-corrected chi connectivity index (χ0v) is 11.9. The molecule has 1 fully saturated rings. The molecule has 1 aromatic carbocycles. The Labute approximate surface area is 119 Å². The molecule has 20 heavy (non-hydrogen) atoms. The fourth-order valence-corrected chi connectivity index (χ4v) is 3.77. The maximum Gasteiger partial charge on any atom is 0.419 e. The van der Waals surface area contributed by atoms with E-state index in [4.69, 9.17) is 16.3 Å². The van der Waals surface area contributed by atoms with Gasteiger partial charge in [0.2, 0.25) is 0 Å². The zero-order chi connectivity index (χ0) is 15.0. The number of alkyl halides is 4. The molecule has 0 radical (unpaired) electrons. The molecule has 0 aliphatic carbocycles. The minimum atomic E-state index is -4.57. The van der Waals surface area contributed by atoms with Crippen molar-refractivity contribution in [3.05, 3.63) is 29.3 Å². The van der Waals surface area contributed by atoms with E-state index in [9.17, 15) is 21.6 Å². The molecular formula is C12H12ClF3O3S. The monoisotopic (exact) mass is 328 g/mol. The number of sulfone groups is 1. The highest BCUT2D eigenvalue weighted by atomic mass is 35.5. The van der Waals surface area contributed by atoms with Crippen LogP contribution in [0.1, 0.15) is 17.5 Å². The highest BCUT2D eigenvalue weighted by Gasteiger charge is 2.37. The van der Waals surface area contributed by atoms with Crippen LogP contribution in [0.2, 0.25) is 0 Å². The van der Waals surface area contributed by atoms with Gasteiger partial charge in [0, 0.05) is 5.88 Å². The molecule has 3 nitrogen and oxygen atoms in total. The maximum absolute atomic E-state index is 12.9. The standard InChI is InChI=1S/C12H12ClF3O3S/c13-6-8-1-2-11(10(5-8)12(14,15)16)19-9-3-4-20(17,18)7-9/h1-2,5,9H,3-4,6-7H2. The van der Waals surface area contributed by atoms with E-state index in [0.29, 0.717) is 5.56 Å². The summed E-state index contributed by atoms with van der Waals surface area (Å²) in [6, 6.07) is 3.54. The Bertz CT molecular complexity index is 598. The van der Waals surface area contributed by atoms with Crippen LogP contribution in [0.4, 0.5) is 13.2 Å². The summed E-state index contributed by atoms with van der Waals surface area (Å²) >= 11 is 5.52. The van der Waals surface area contributed by atoms with Gasteiger partial charge in [0.1, 0.15) is 11.9 Å². The number of ether oxygens (including phenoxy) is 1. The van der Waals surface area contributed by atoms with Crippen LogP contribution in [0.3, 0.4) is 0 Å². The molecule has 112 valence electrons. The molecule has 0 bridgehead atoms. The number of benzene rings is 1. The fourth-order valence-electron chi connectivity index (χ4n) is 2.02. The third-order valence-electron chi connectivity index (χ3n) is 2.99. The SMILES string of the molecule is O=S1(=O)CCC(Oc2ccc(CCl)cc2C(F)(F)F)C1. The lowest BCUT2D eigenvalue weighted by Gasteiger charge is -2.18. The number of rotatable bonds is 3. The molecule has 1 aliphatic heterocycles. The van der Waals surface area contributed by atoms with Crippen LogP contribution in [0, 0.1) is 0 Å². The van der Waals surface area contributed by atoms with E-state index in [-0.39, 0.29) is 29.6 Å². The topological polar surface area (TPSA) is 43.4 Å². The molecule has 1 atom stereocenters. The van der Waals surface area contributed by atoms with Crippen LogP contribution in [-0.4, -0.2) is 26.0 Å². The lowest BCUT2D eigenvalue weighted by Crippen LogP contribution is -2.20. The average molecular weight is 329 g/mol. The Hall–Kier alpha value is -0.950. The highest BCUT2D eigenvalue weighted by Crippen LogP contribution is 2.38. The molecule has 1 unspecified atom stereocenters. The van der Waals surface area contributed by atoms with Crippen molar-refractivity contribution in [3.8, 4) is 5.75 Å². The molecule has 1 saturated heterocycles. The third kappa shape index (κ3) is 3.58. The van der Waals surface area contributed by atoms with Gasteiger partial charge in [-0.15, -0.1) is 11.6 Å².